The third kappa shape index (κ3) is 2.82. The molecule has 0 radical (unpaired) electrons. The summed E-state index contributed by atoms with van der Waals surface area (Å²) in [5.74, 6) is 0.962. The van der Waals surface area contributed by atoms with Crippen molar-refractivity contribution in [1.82, 2.24) is 14.7 Å². The minimum absolute atomic E-state index is 0.163. The number of amides is 1. The lowest BCUT2D eigenvalue weighted by Crippen LogP contribution is -2.59. The lowest BCUT2D eigenvalue weighted by Gasteiger charge is -2.61. The van der Waals surface area contributed by atoms with E-state index in [1.54, 1.807) is 0 Å². The zero-order chi connectivity index (χ0) is 19.5. The summed E-state index contributed by atoms with van der Waals surface area (Å²) in [6, 6.07) is 9.87. The zero-order valence-corrected chi connectivity index (χ0v) is 16.7. The van der Waals surface area contributed by atoms with Crippen LogP contribution in [0.25, 0.3) is 6.08 Å². The van der Waals surface area contributed by atoms with Gasteiger partial charge in [-0.05, 0) is 67.1 Å². The number of allylic oxidation sites excluding steroid dienone is 1. The normalized spacial score (nSPS) is 28.4. The van der Waals surface area contributed by atoms with E-state index in [1.807, 2.05) is 35.2 Å². The maximum atomic E-state index is 12.5. The lowest BCUT2D eigenvalue weighted by molar-refractivity contribution is -0.0978. The number of benzene rings is 1. The van der Waals surface area contributed by atoms with Gasteiger partial charge in [0, 0.05) is 19.3 Å². The van der Waals surface area contributed by atoms with Crippen molar-refractivity contribution in [1.29, 1.82) is 0 Å². The first-order valence-corrected chi connectivity index (χ1v) is 10.9. The zero-order valence-electron chi connectivity index (χ0n) is 16.7. The third-order valence-corrected chi connectivity index (χ3v) is 7.67. The van der Waals surface area contributed by atoms with E-state index >= 15 is 0 Å². The van der Waals surface area contributed by atoms with Crippen LogP contribution in [0.5, 0.6) is 0 Å². The predicted molar refractivity (Wildman–Crippen MR) is 110 cm³/mol. The number of hydrogen-bond acceptors (Lipinski definition) is 3. The Balaban J connectivity index is 1.07. The van der Waals surface area contributed by atoms with Crippen molar-refractivity contribution >= 4 is 12.2 Å². The first-order valence-electron chi connectivity index (χ1n) is 10.9. The summed E-state index contributed by atoms with van der Waals surface area (Å²) in [6.07, 6.45) is 13.7. The molecule has 150 valence electrons. The molecule has 1 saturated heterocycles. The van der Waals surface area contributed by atoms with Gasteiger partial charge in [0.25, 0.3) is 0 Å². The van der Waals surface area contributed by atoms with Crippen molar-refractivity contribution in [2.45, 2.75) is 50.7 Å². The molecule has 1 amide bonds. The van der Waals surface area contributed by atoms with Gasteiger partial charge in [0.15, 0.2) is 0 Å². The van der Waals surface area contributed by atoms with Crippen molar-refractivity contribution in [2.75, 3.05) is 13.1 Å². The minimum atomic E-state index is -0.194. The van der Waals surface area contributed by atoms with Gasteiger partial charge in [-0.25, -0.2) is 4.79 Å². The summed E-state index contributed by atoms with van der Waals surface area (Å²) >= 11 is 0. The van der Waals surface area contributed by atoms with Gasteiger partial charge in [0.05, 0.1) is 11.2 Å². The molecule has 2 heterocycles. The summed E-state index contributed by atoms with van der Waals surface area (Å²) < 4.78 is 7.79. The molecule has 0 unspecified atom stereocenters. The molecule has 2 bridgehead atoms. The summed E-state index contributed by atoms with van der Waals surface area (Å²) in [7, 11) is 0. The number of nitrogens with zero attached hydrogens (tertiary/aromatic N) is 3. The Labute approximate surface area is 171 Å². The van der Waals surface area contributed by atoms with Gasteiger partial charge >= 0.3 is 6.09 Å². The minimum Gasteiger partial charge on any atom is -0.445 e. The first-order chi connectivity index (χ1) is 14.1. The first kappa shape index (κ1) is 17.3. The number of carbonyl (C=O) groups is 1. The van der Waals surface area contributed by atoms with E-state index in [4.69, 9.17) is 9.84 Å². The monoisotopic (exact) mass is 389 g/mol. The number of carbonyl (C=O) groups excluding carboxylic acids is 1. The highest BCUT2D eigenvalue weighted by atomic mass is 16.6. The Bertz CT molecular complexity index is 952. The Morgan fingerprint density at radius 2 is 1.90 bits per heavy atom. The van der Waals surface area contributed by atoms with Gasteiger partial charge in [-0.3, -0.25) is 4.68 Å². The van der Waals surface area contributed by atoms with Gasteiger partial charge in [-0.15, -0.1) is 0 Å². The molecule has 5 heteroatoms. The highest BCUT2D eigenvalue weighted by molar-refractivity contribution is 5.68. The van der Waals surface area contributed by atoms with E-state index in [-0.39, 0.29) is 11.5 Å². The van der Waals surface area contributed by atoms with Crippen LogP contribution >= 0.6 is 0 Å². The third-order valence-electron chi connectivity index (χ3n) is 7.67. The summed E-state index contributed by atoms with van der Waals surface area (Å²) in [5.41, 5.74) is 4.09. The van der Waals surface area contributed by atoms with Crippen molar-refractivity contribution in [3.63, 3.8) is 0 Å². The Morgan fingerprint density at radius 3 is 2.59 bits per heavy atom. The molecular weight excluding hydrogens is 362 g/mol. The van der Waals surface area contributed by atoms with Crippen LogP contribution < -0.4 is 0 Å². The number of ether oxygens (including phenoxy) is 1. The Hall–Kier alpha value is -2.56. The maximum absolute atomic E-state index is 12.5. The SMILES string of the molecule is O=C(OCc1ccccc1)N1CCC2(C=Cc3nn(C45CC(C4)C5)cc3C2)CC1. The summed E-state index contributed by atoms with van der Waals surface area (Å²) in [6.45, 7) is 1.85. The van der Waals surface area contributed by atoms with Crippen LogP contribution in [0, 0.1) is 11.3 Å². The van der Waals surface area contributed by atoms with Crippen LogP contribution in [-0.2, 0) is 23.3 Å². The average Bonchev–Trinajstić information content (AvgIpc) is 3.07. The molecule has 1 spiro atoms. The highest BCUT2D eigenvalue weighted by Gasteiger charge is 2.58. The van der Waals surface area contributed by atoms with E-state index in [9.17, 15) is 4.79 Å². The molecule has 1 aromatic carbocycles. The van der Waals surface area contributed by atoms with E-state index in [0.717, 1.165) is 49.5 Å². The fourth-order valence-electron chi connectivity index (χ4n) is 5.64. The second kappa shape index (κ2) is 6.22. The van der Waals surface area contributed by atoms with Crippen LogP contribution in [0.3, 0.4) is 0 Å². The van der Waals surface area contributed by atoms with Crippen molar-refractivity contribution in [3.8, 4) is 0 Å². The molecular formula is C24H27N3O2. The largest absolute Gasteiger partial charge is 0.445 e. The number of aromatic nitrogens is 2. The fourth-order valence-corrected chi connectivity index (χ4v) is 5.64. The van der Waals surface area contributed by atoms with Gasteiger partial charge in [-0.1, -0.05) is 36.4 Å². The highest BCUT2D eigenvalue weighted by Crippen LogP contribution is 2.62. The van der Waals surface area contributed by atoms with Gasteiger partial charge < -0.3 is 9.64 Å². The number of likely N-dealkylation sites (tertiary alicyclic amines) is 1. The molecule has 7 rings (SSSR count). The lowest BCUT2D eigenvalue weighted by atomic mass is 9.50. The molecule has 5 aliphatic rings. The topological polar surface area (TPSA) is 47.4 Å². The molecule has 1 aromatic heterocycles. The molecule has 5 nitrogen and oxygen atoms in total. The standard InChI is InChI=1S/C24H27N3O2/c28-22(29-17-18-4-2-1-3-5-18)26-10-8-23(9-11-26)7-6-21-20(15-23)16-27(25-21)24-12-19(13-24)14-24/h1-7,16,19H,8-15,17H2. The van der Waals surface area contributed by atoms with Crippen molar-refractivity contribution < 1.29 is 9.53 Å². The second-order valence-electron chi connectivity index (χ2n) is 9.59. The number of piperidine rings is 1. The smallest absolute Gasteiger partial charge is 0.410 e. The molecule has 0 atom stereocenters. The van der Waals surface area contributed by atoms with Crippen molar-refractivity contribution in [3.05, 3.63) is 59.4 Å². The van der Waals surface area contributed by atoms with Crippen LogP contribution in [0.1, 0.15) is 48.9 Å². The Morgan fingerprint density at radius 1 is 1.14 bits per heavy atom. The van der Waals surface area contributed by atoms with Gasteiger partial charge in [0.2, 0.25) is 0 Å². The van der Waals surface area contributed by atoms with E-state index < -0.39 is 0 Å². The van der Waals surface area contributed by atoms with E-state index in [2.05, 4.69) is 23.0 Å². The fraction of sp³-hybridized carbons (Fsp3) is 0.500. The number of rotatable bonds is 3. The molecule has 4 fully saturated rings. The van der Waals surface area contributed by atoms with Crippen LogP contribution in [-0.4, -0.2) is 33.9 Å². The van der Waals surface area contributed by atoms with E-state index in [1.165, 1.54) is 24.8 Å². The summed E-state index contributed by atoms with van der Waals surface area (Å²) in [4.78, 5) is 14.3. The van der Waals surface area contributed by atoms with Crippen LogP contribution in [0.4, 0.5) is 4.79 Å². The maximum Gasteiger partial charge on any atom is 0.410 e. The molecule has 1 aliphatic heterocycles. The Kier molecular flexibility index (Phi) is 3.71. The van der Waals surface area contributed by atoms with Crippen LogP contribution in [0.15, 0.2) is 42.6 Å². The molecule has 29 heavy (non-hydrogen) atoms. The van der Waals surface area contributed by atoms with Crippen molar-refractivity contribution in [2.24, 2.45) is 11.3 Å². The van der Waals surface area contributed by atoms with Gasteiger partial charge in [0.1, 0.15) is 6.61 Å². The second-order valence-corrected chi connectivity index (χ2v) is 9.59. The number of fused-ring (bicyclic) bond motifs is 1. The molecule has 3 saturated carbocycles. The number of hydrogen-bond donors (Lipinski definition) is 0. The predicted octanol–water partition coefficient (Wildman–Crippen LogP) is 4.38. The summed E-state index contributed by atoms with van der Waals surface area (Å²) in [5, 5.41) is 4.90. The molecule has 4 aliphatic carbocycles. The average molecular weight is 389 g/mol. The molecule has 2 aromatic rings. The molecule has 0 N–H and O–H groups in total. The van der Waals surface area contributed by atoms with Crippen LogP contribution in [0.2, 0.25) is 0 Å². The van der Waals surface area contributed by atoms with E-state index in [0.29, 0.717) is 12.1 Å². The quantitative estimate of drug-likeness (QED) is 0.783. The van der Waals surface area contributed by atoms with Gasteiger partial charge in [-0.2, -0.15) is 5.10 Å².